The Labute approximate surface area is 485 Å². The maximum absolute atomic E-state index is 14.1. The van der Waals surface area contributed by atoms with Crippen LogP contribution in [-0.4, -0.2) is 134 Å². The molecule has 0 bridgehead atoms. The second kappa shape index (κ2) is 25.8. The SMILES string of the molecule is CC.COc1ccc(C2=CN3C(=O)c4cc(OC)c(OCCCOc5cc6c(cc5OC)C(=O)N5C=C(c7ccc(NC(=O)CNC(=O)C(NC(=O)CCCCCN8C(=O)CC9C(C)C98C)C(C)C)cc7)CC5C=N6)cc4N=C[C@@H]3C2)cc1. The highest BCUT2D eigenvalue weighted by molar-refractivity contribution is 6.07. The third-order valence-corrected chi connectivity index (χ3v) is 16.7. The van der Waals surface area contributed by atoms with Crippen LogP contribution in [0.3, 0.4) is 0 Å². The van der Waals surface area contributed by atoms with Gasteiger partial charge in [-0.1, -0.05) is 65.3 Å². The zero-order valence-electron chi connectivity index (χ0n) is 48.9. The molecule has 2 fully saturated rings. The van der Waals surface area contributed by atoms with Crippen molar-refractivity contribution in [2.75, 3.05) is 52.9 Å². The number of anilines is 1. The molecule has 5 heterocycles. The van der Waals surface area contributed by atoms with Crippen LogP contribution in [0, 0.1) is 17.8 Å². The predicted molar refractivity (Wildman–Crippen MR) is 318 cm³/mol. The van der Waals surface area contributed by atoms with Gasteiger partial charge in [-0.3, -0.25) is 38.8 Å². The summed E-state index contributed by atoms with van der Waals surface area (Å²) < 4.78 is 29.0. The molecule has 3 N–H and O–H groups in total. The second-order valence-corrected chi connectivity index (χ2v) is 22.0. The Morgan fingerprint density at radius 1 is 0.675 bits per heavy atom. The Bertz CT molecular complexity index is 3240. The van der Waals surface area contributed by atoms with E-state index in [2.05, 4.69) is 29.8 Å². The molecular formula is C64H76N8O11. The molecule has 1 saturated carbocycles. The number of hydrogen-bond acceptors (Lipinski definition) is 13. The highest BCUT2D eigenvalue weighted by atomic mass is 16.5. The first-order chi connectivity index (χ1) is 40.1. The average molecular weight is 1130 g/mol. The Kier molecular flexibility index (Phi) is 18.4. The maximum Gasteiger partial charge on any atom is 0.260 e. The lowest BCUT2D eigenvalue weighted by molar-refractivity contribution is -0.131. The van der Waals surface area contributed by atoms with Crippen molar-refractivity contribution < 1.29 is 52.5 Å². The number of hydrogen-bond donors (Lipinski definition) is 3. The summed E-state index contributed by atoms with van der Waals surface area (Å²) in [5.74, 6) is 1.90. The Balaban J connectivity index is 0.00000410. The standard InChI is InChI=1S/C62H70N8O11.C2H6/c1-36(2)58(67-55(71)12-9-8-10-21-70-57(73)28-48-37(3)62(48,70)4)59(74)65-33-56(72)66-42-17-13-38(14-18-42)40-24-43-31-63-49-29-53(51(78-6)26-46(49)60(75)68(43)34-40)80-22-11-23-81-54-30-50-47(27-52(54)79-7)61(76)69-35-41(25-44(69)32-64-50)39-15-19-45(77-5)20-16-39;1-2/h13-20,26-27,29-32,34-37,43-44,48,58H,8-12,21-25,28,33H2,1-7H3,(H,65,74)(H,66,72)(H,67,71);1-2H3/t37?,43?,44-,48?,58?,62?;/m0./s1. The summed E-state index contributed by atoms with van der Waals surface area (Å²) >= 11 is 0. The van der Waals surface area contributed by atoms with E-state index in [-0.39, 0.29) is 73.3 Å². The minimum Gasteiger partial charge on any atom is -0.497 e. The lowest BCUT2D eigenvalue weighted by Gasteiger charge is -2.27. The molecule has 10 rings (SSSR count). The van der Waals surface area contributed by atoms with E-state index >= 15 is 0 Å². The molecule has 6 amide bonds. The molecule has 4 aromatic carbocycles. The van der Waals surface area contributed by atoms with Crippen LogP contribution >= 0.6 is 0 Å². The van der Waals surface area contributed by atoms with Crippen LogP contribution < -0.4 is 39.6 Å². The smallest absolute Gasteiger partial charge is 0.260 e. The minimum atomic E-state index is -0.804. The molecule has 6 aliphatic rings. The van der Waals surface area contributed by atoms with Gasteiger partial charge in [0.1, 0.15) is 11.8 Å². The minimum absolute atomic E-state index is 0.00458. The van der Waals surface area contributed by atoms with Crippen LogP contribution in [0.25, 0.3) is 11.1 Å². The van der Waals surface area contributed by atoms with Crippen molar-refractivity contribution in [2.24, 2.45) is 27.7 Å². The van der Waals surface area contributed by atoms with Crippen LogP contribution in [0.4, 0.5) is 17.1 Å². The second-order valence-electron chi connectivity index (χ2n) is 22.0. The van der Waals surface area contributed by atoms with Crippen molar-refractivity contribution in [1.82, 2.24) is 25.3 Å². The zero-order valence-corrected chi connectivity index (χ0v) is 48.9. The van der Waals surface area contributed by atoms with Gasteiger partial charge in [-0.05, 0) is 96.2 Å². The fourth-order valence-electron chi connectivity index (χ4n) is 11.7. The van der Waals surface area contributed by atoms with Gasteiger partial charge in [-0.2, -0.15) is 0 Å². The molecule has 5 aliphatic heterocycles. The molecule has 1 saturated heterocycles. The van der Waals surface area contributed by atoms with E-state index < -0.39 is 17.9 Å². The van der Waals surface area contributed by atoms with Crippen LogP contribution in [-0.2, 0) is 19.2 Å². The normalized spacial score (nSPS) is 20.9. The number of carbonyl (C=O) groups is 6. The summed E-state index contributed by atoms with van der Waals surface area (Å²) in [6.45, 7) is 13.0. The molecule has 83 heavy (non-hydrogen) atoms. The number of fused-ring (bicyclic) bond motifs is 5. The third kappa shape index (κ3) is 12.6. The van der Waals surface area contributed by atoms with Crippen LogP contribution in [0.15, 0.2) is 95.2 Å². The van der Waals surface area contributed by atoms with Gasteiger partial charge in [0.15, 0.2) is 23.0 Å². The molecule has 0 spiro atoms. The van der Waals surface area contributed by atoms with Gasteiger partial charge in [0.2, 0.25) is 23.6 Å². The molecule has 19 nitrogen and oxygen atoms in total. The van der Waals surface area contributed by atoms with Crippen molar-refractivity contribution in [3.8, 4) is 28.7 Å². The summed E-state index contributed by atoms with van der Waals surface area (Å²) in [5.41, 5.74) is 6.04. The van der Waals surface area contributed by atoms with E-state index in [0.29, 0.717) is 102 Å². The van der Waals surface area contributed by atoms with E-state index in [4.69, 9.17) is 33.7 Å². The molecule has 0 aromatic heterocycles. The van der Waals surface area contributed by atoms with Crippen LogP contribution in [0.2, 0.25) is 0 Å². The van der Waals surface area contributed by atoms with Crippen molar-refractivity contribution in [3.05, 3.63) is 107 Å². The first-order valence-corrected chi connectivity index (χ1v) is 28.9. The van der Waals surface area contributed by atoms with Gasteiger partial charge in [-0.15, -0.1) is 0 Å². The van der Waals surface area contributed by atoms with Crippen LogP contribution in [0.1, 0.15) is 125 Å². The first kappa shape index (κ1) is 59.2. The number of benzene rings is 4. The lowest BCUT2D eigenvalue weighted by atomic mass is 10.0. The fraction of sp³-hybridized carbons (Fsp3) is 0.438. The van der Waals surface area contributed by atoms with Gasteiger partial charge in [0.05, 0.1) is 75.7 Å². The zero-order chi connectivity index (χ0) is 59.1. The summed E-state index contributed by atoms with van der Waals surface area (Å²) in [5, 5.41) is 8.33. The van der Waals surface area contributed by atoms with Crippen molar-refractivity contribution >= 4 is 76.1 Å². The molecular weight excluding hydrogens is 1060 g/mol. The number of carbonyl (C=O) groups excluding carboxylic acids is 6. The number of rotatable bonds is 23. The van der Waals surface area contributed by atoms with Gasteiger partial charge in [0.25, 0.3) is 11.8 Å². The van der Waals surface area contributed by atoms with Crippen molar-refractivity contribution in [3.63, 3.8) is 0 Å². The molecule has 4 aromatic rings. The van der Waals surface area contributed by atoms with E-state index in [0.717, 1.165) is 40.9 Å². The first-order valence-electron chi connectivity index (χ1n) is 28.9. The number of aliphatic imine (C=N–C) groups is 2. The molecule has 6 atom stereocenters. The third-order valence-electron chi connectivity index (χ3n) is 16.7. The van der Waals surface area contributed by atoms with Gasteiger partial charge >= 0.3 is 0 Å². The number of ether oxygens (including phenoxy) is 5. The number of nitrogens with one attached hydrogen (secondary N) is 3. The number of unbranched alkanes of at least 4 members (excludes halogenated alkanes) is 2. The number of nitrogens with zero attached hydrogens (tertiary/aromatic N) is 5. The number of methoxy groups -OCH3 is 3. The van der Waals surface area contributed by atoms with Crippen molar-refractivity contribution in [1.29, 1.82) is 0 Å². The monoisotopic (exact) mass is 1130 g/mol. The number of piperidine rings is 1. The topological polar surface area (TPSA) is 219 Å². The summed E-state index contributed by atoms with van der Waals surface area (Å²) in [6.07, 6.45) is 12.1. The molecule has 1 aliphatic carbocycles. The van der Waals surface area contributed by atoms with Crippen molar-refractivity contribution in [2.45, 2.75) is 117 Å². The quantitative estimate of drug-likeness (QED) is 0.0594. The summed E-state index contributed by atoms with van der Waals surface area (Å²) in [6, 6.07) is 20.4. The maximum atomic E-state index is 14.1. The molecule has 5 unspecified atom stereocenters. The van der Waals surface area contributed by atoms with E-state index in [1.54, 1.807) is 65.7 Å². The number of amides is 6. The highest BCUT2D eigenvalue weighted by Crippen LogP contribution is 2.60. The van der Waals surface area contributed by atoms with Gasteiger partial charge in [0, 0.05) is 86.8 Å². The molecule has 0 radical (unpaired) electrons. The molecule has 19 heteroatoms. The lowest BCUT2D eigenvalue weighted by Crippen LogP contribution is -2.51. The number of likely N-dealkylation sites (tertiary alicyclic amines) is 1. The molecule has 438 valence electrons. The Morgan fingerprint density at radius 3 is 1.72 bits per heavy atom. The summed E-state index contributed by atoms with van der Waals surface area (Å²) in [7, 11) is 4.67. The van der Waals surface area contributed by atoms with E-state index in [9.17, 15) is 28.8 Å². The highest BCUT2D eigenvalue weighted by Gasteiger charge is 2.67. The largest absolute Gasteiger partial charge is 0.497 e. The van der Waals surface area contributed by atoms with E-state index in [1.165, 1.54) is 14.2 Å². The van der Waals surface area contributed by atoms with Crippen LogP contribution in [0.5, 0.6) is 28.7 Å². The van der Waals surface area contributed by atoms with E-state index in [1.807, 2.05) is 81.4 Å². The Morgan fingerprint density at radius 2 is 1.22 bits per heavy atom. The van der Waals surface area contributed by atoms with Gasteiger partial charge < -0.3 is 54.3 Å². The van der Waals surface area contributed by atoms with Gasteiger partial charge in [-0.25, -0.2) is 0 Å². The average Bonchev–Trinajstić information content (AvgIpc) is 1.82. The summed E-state index contributed by atoms with van der Waals surface area (Å²) in [4.78, 5) is 94.2. The Hall–Kier alpha value is -8.48. The predicted octanol–water partition coefficient (Wildman–Crippen LogP) is 9.54. The fourth-order valence-corrected chi connectivity index (χ4v) is 11.7.